The number of nitro groups is 1. The van der Waals surface area contributed by atoms with Gasteiger partial charge in [-0.1, -0.05) is 12.1 Å². The normalized spacial score (nSPS) is 9.18. The number of hydrogen-bond donors (Lipinski definition) is 3. The van der Waals surface area contributed by atoms with Gasteiger partial charge in [0.15, 0.2) is 5.11 Å². The molecule has 6 nitrogen and oxygen atoms in total. The van der Waals surface area contributed by atoms with Gasteiger partial charge >= 0.3 is 0 Å². The lowest BCUT2D eigenvalue weighted by Gasteiger charge is -2.10. The number of hydrogen-bond acceptors (Lipinski definition) is 4. The molecule has 0 amide bonds. The van der Waals surface area contributed by atoms with Crippen LogP contribution in [0.2, 0.25) is 0 Å². The molecule has 0 fully saturated rings. The molecule has 17 heavy (non-hydrogen) atoms. The van der Waals surface area contributed by atoms with Gasteiger partial charge in [-0.3, -0.25) is 21.0 Å². The highest BCUT2D eigenvalue weighted by atomic mass is 32.1. The SMILES string of the molecule is C=CCNC(=S)NNc1cccc([N+](=O)[O-])c1. The zero-order chi connectivity index (χ0) is 12.7. The highest BCUT2D eigenvalue weighted by Gasteiger charge is 2.05. The smallest absolute Gasteiger partial charge is 0.271 e. The molecule has 1 aromatic carbocycles. The Morgan fingerprint density at radius 1 is 1.59 bits per heavy atom. The van der Waals surface area contributed by atoms with Gasteiger partial charge in [0.05, 0.1) is 10.6 Å². The number of rotatable bonds is 5. The molecule has 90 valence electrons. The highest BCUT2D eigenvalue weighted by Crippen LogP contribution is 2.15. The van der Waals surface area contributed by atoms with E-state index in [1.54, 1.807) is 18.2 Å². The van der Waals surface area contributed by atoms with Crippen molar-refractivity contribution in [2.45, 2.75) is 0 Å². The Morgan fingerprint density at radius 3 is 3.00 bits per heavy atom. The fourth-order valence-electron chi connectivity index (χ4n) is 1.04. The summed E-state index contributed by atoms with van der Waals surface area (Å²) in [6.07, 6.45) is 1.67. The van der Waals surface area contributed by atoms with Crippen molar-refractivity contribution >= 4 is 28.7 Å². The maximum absolute atomic E-state index is 10.5. The number of anilines is 1. The topological polar surface area (TPSA) is 79.2 Å². The van der Waals surface area contributed by atoms with Gasteiger partial charge in [-0.05, 0) is 18.3 Å². The molecule has 1 aromatic rings. The molecule has 0 radical (unpaired) electrons. The van der Waals surface area contributed by atoms with E-state index in [0.717, 1.165) is 0 Å². The number of nitrogens with zero attached hydrogens (tertiary/aromatic N) is 1. The van der Waals surface area contributed by atoms with Crippen molar-refractivity contribution in [2.24, 2.45) is 0 Å². The molecule has 0 spiro atoms. The van der Waals surface area contributed by atoms with Crippen LogP contribution in [0.15, 0.2) is 36.9 Å². The first kappa shape index (κ1) is 12.9. The zero-order valence-corrected chi connectivity index (χ0v) is 9.79. The van der Waals surface area contributed by atoms with Gasteiger partial charge in [-0.25, -0.2) is 0 Å². The van der Waals surface area contributed by atoms with E-state index < -0.39 is 4.92 Å². The van der Waals surface area contributed by atoms with E-state index in [1.165, 1.54) is 12.1 Å². The molecular formula is C10H12N4O2S. The Labute approximate surface area is 104 Å². The highest BCUT2D eigenvalue weighted by molar-refractivity contribution is 7.80. The van der Waals surface area contributed by atoms with Crippen LogP contribution in [0, 0.1) is 10.1 Å². The third-order valence-corrected chi connectivity index (χ3v) is 2.03. The van der Waals surface area contributed by atoms with Crippen LogP contribution < -0.4 is 16.2 Å². The number of nitrogens with one attached hydrogen (secondary N) is 3. The van der Waals surface area contributed by atoms with Gasteiger partial charge in [-0.2, -0.15) is 0 Å². The zero-order valence-electron chi connectivity index (χ0n) is 8.97. The van der Waals surface area contributed by atoms with Gasteiger partial charge < -0.3 is 5.32 Å². The number of non-ortho nitro benzene ring substituents is 1. The van der Waals surface area contributed by atoms with Crippen LogP contribution in [0.3, 0.4) is 0 Å². The standard InChI is InChI=1S/C10H12N4O2S/c1-2-6-11-10(17)13-12-8-4-3-5-9(7-8)14(15)16/h2-5,7,12H,1,6H2,(H2,11,13,17). The molecule has 0 atom stereocenters. The molecule has 7 heteroatoms. The van der Waals surface area contributed by atoms with Crippen LogP contribution >= 0.6 is 12.2 Å². The Morgan fingerprint density at radius 2 is 2.35 bits per heavy atom. The summed E-state index contributed by atoms with van der Waals surface area (Å²) in [4.78, 5) is 10.1. The third-order valence-electron chi connectivity index (χ3n) is 1.78. The summed E-state index contributed by atoms with van der Waals surface area (Å²) in [5, 5.41) is 13.8. The van der Waals surface area contributed by atoms with Crippen molar-refractivity contribution in [1.29, 1.82) is 0 Å². The Bertz CT molecular complexity index is 436. The monoisotopic (exact) mass is 252 g/mol. The minimum absolute atomic E-state index is 0.0155. The second-order valence-corrected chi connectivity index (χ2v) is 3.46. The van der Waals surface area contributed by atoms with Gasteiger partial charge in [0.25, 0.3) is 5.69 Å². The minimum Gasteiger partial charge on any atom is -0.358 e. The first-order valence-electron chi connectivity index (χ1n) is 4.78. The lowest BCUT2D eigenvalue weighted by Crippen LogP contribution is -2.38. The Hall–Kier alpha value is -2.15. The first-order valence-corrected chi connectivity index (χ1v) is 5.19. The van der Waals surface area contributed by atoms with E-state index in [-0.39, 0.29) is 5.69 Å². The van der Waals surface area contributed by atoms with E-state index in [2.05, 4.69) is 22.7 Å². The molecule has 0 saturated heterocycles. The van der Waals surface area contributed by atoms with Crippen LogP contribution in [0.4, 0.5) is 11.4 Å². The largest absolute Gasteiger partial charge is 0.358 e. The van der Waals surface area contributed by atoms with E-state index in [9.17, 15) is 10.1 Å². The van der Waals surface area contributed by atoms with E-state index in [0.29, 0.717) is 17.3 Å². The average Bonchev–Trinajstić information content (AvgIpc) is 2.34. The van der Waals surface area contributed by atoms with E-state index >= 15 is 0 Å². The lowest BCUT2D eigenvalue weighted by atomic mass is 10.3. The predicted molar refractivity (Wildman–Crippen MR) is 70.7 cm³/mol. The van der Waals surface area contributed by atoms with Crippen LogP contribution in [0.5, 0.6) is 0 Å². The molecule has 0 aliphatic carbocycles. The summed E-state index contributed by atoms with van der Waals surface area (Å²) in [5.74, 6) is 0. The molecule has 0 heterocycles. The van der Waals surface area contributed by atoms with Crippen LogP contribution in [-0.4, -0.2) is 16.6 Å². The quantitative estimate of drug-likeness (QED) is 0.319. The molecule has 3 N–H and O–H groups in total. The van der Waals surface area contributed by atoms with Crippen LogP contribution in [-0.2, 0) is 0 Å². The van der Waals surface area contributed by atoms with E-state index in [1.807, 2.05) is 0 Å². The number of thiocarbonyl (C=S) groups is 1. The van der Waals surface area contributed by atoms with Gasteiger partial charge in [0, 0.05) is 18.7 Å². The third kappa shape index (κ3) is 4.47. The predicted octanol–water partition coefficient (Wildman–Crippen LogP) is 1.57. The fourth-order valence-corrected chi connectivity index (χ4v) is 1.17. The van der Waals surface area contributed by atoms with Crippen molar-refractivity contribution in [3.8, 4) is 0 Å². The lowest BCUT2D eigenvalue weighted by molar-refractivity contribution is -0.384. The summed E-state index contributed by atoms with van der Waals surface area (Å²) >= 11 is 4.94. The van der Waals surface area contributed by atoms with Gasteiger partial charge in [0.1, 0.15) is 0 Å². The van der Waals surface area contributed by atoms with Crippen molar-refractivity contribution in [2.75, 3.05) is 12.0 Å². The van der Waals surface area contributed by atoms with Gasteiger partial charge in [0.2, 0.25) is 0 Å². The summed E-state index contributed by atoms with van der Waals surface area (Å²) in [5.41, 5.74) is 6.03. The molecule has 0 aliphatic rings. The maximum Gasteiger partial charge on any atom is 0.271 e. The van der Waals surface area contributed by atoms with Crippen molar-refractivity contribution in [3.63, 3.8) is 0 Å². The maximum atomic E-state index is 10.5. The van der Waals surface area contributed by atoms with Crippen LogP contribution in [0.1, 0.15) is 0 Å². The molecule has 0 saturated carbocycles. The molecule has 0 aliphatic heterocycles. The summed E-state index contributed by atoms with van der Waals surface area (Å²) in [6, 6.07) is 6.10. The number of nitro benzene ring substituents is 1. The summed E-state index contributed by atoms with van der Waals surface area (Å²) < 4.78 is 0. The number of hydrazine groups is 1. The summed E-state index contributed by atoms with van der Waals surface area (Å²) in [7, 11) is 0. The van der Waals surface area contributed by atoms with E-state index in [4.69, 9.17) is 12.2 Å². The molecule has 0 aromatic heterocycles. The second-order valence-electron chi connectivity index (χ2n) is 3.06. The van der Waals surface area contributed by atoms with Crippen molar-refractivity contribution < 1.29 is 4.92 Å². The summed E-state index contributed by atoms with van der Waals surface area (Å²) in [6.45, 7) is 4.08. The molecule has 0 bridgehead atoms. The fraction of sp³-hybridized carbons (Fsp3) is 0.100. The molecule has 1 rings (SSSR count). The van der Waals surface area contributed by atoms with Crippen molar-refractivity contribution in [3.05, 3.63) is 47.0 Å². The number of benzene rings is 1. The Balaban J connectivity index is 2.51. The van der Waals surface area contributed by atoms with Crippen LogP contribution in [0.25, 0.3) is 0 Å². The molecular weight excluding hydrogens is 240 g/mol. The van der Waals surface area contributed by atoms with Crippen molar-refractivity contribution in [1.82, 2.24) is 10.7 Å². The minimum atomic E-state index is -0.459. The molecule has 0 unspecified atom stereocenters. The van der Waals surface area contributed by atoms with Gasteiger partial charge in [-0.15, -0.1) is 6.58 Å². The second kappa shape index (κ2) is 6.44. The average molecular weight is 252 g/mol. The Kier molecular flexibility index (Phi) is 4.89. The first-order chi connectivity index (χ1) is 8.13.